The Morgan fingerprint density at radius 3 is 2.42 bits per heavy atom. The van der Waals surface area contributed by atoms with Gasteiger partial charge >= 0.3 is 6.18 Å². The van der Waals surface area contributed by atoms with Gasteiger partial charge in [0.2, 0.25) is 16.0 Å². The maximum Gasteiger partial charge on any atom is 0.420 e. The van der Waals surface area contributed by atoms with Crippen LogP contribution in [0.3, 0.4) is 0 Å². The summed E-state index contributed by atoms with van der Waals surface area (Å²) < 4.78 is 84.6. The lowest BCUT2D eigenvalue weighted by Crippen LogP contribution is -2.42. The van der Waals surface area contributed by atoms with Gasteiger partial charge in [-0.1, -0.05) is 11.3 Å². The zero-order chi connectivity index (χ0) is 28.8. The summed E-state index contributed by atoms with van der Waals surface area (Å²) in [6.07, 6.45) is 0.702. The van der Waals surface area contributed by atoms with E-state index in [1.54, 1.807) is 20.0 Å². The molecule has 5 rings (SSSR count). The Hall–Kier alpha value is -3.92. The van der Waals surface area contributed by atoms with Crippen molar-refractivity contribution in [1.29, 1.82) is 0 Å². The fraction of sp³-hybridized carbons (Fsp3) is 0.375. The molecule has 1 aliphatic rings. The first-order chi connectivity index (χ1) is 18.8. The molecule has 0 aliphatic carbocycles. The highest BCUT2D eigenvalue weighted by molar-refractivity contribution is 7.88. The van der Waals surface area contributed by atoms with E-state index in [1.165, 1.54) is 38.1 Å². The monoisotopic (exact) mass is 579 g/mol. The van der Waals surface area contributed by atoms with Crippen molar-refractivity contribution < 1.29 is 26.0 Å². The molecule has 1 fully saturated rings. The highest BCUT2D eigenvalue weighted by Crippen LogP contribution is 2.36. The third-order valence-electron chi connectivity index (χ3n) is 6.69. The zero-order valence-corrected chi connectivity index (χ0v) is 22.5. The summed E-state index contributed by atoms with van der Waals surface area (Å²) in [5, 5.41) is 10.6. The molecule has 212 valence electrons. The van der Waals surface area contributed by atoms with Gasteiger partial charge in [-0.05, 0) is 31.9 Å². The molecule has 3 aromatic heterocycles. The summed E-state index contributed by atoms with van der Waals surface area (Å²) in [5.41, 5.74) is -0.450. The highest BCUT2D eigenvalue weighted by atomic mass is 32.2. The van der Waals surface area contributed by atoms with Crippen LogP contribution < -0.4 is 5.32 Å². The minimum absolute atomic E-state index is 0.0478. The van der Waals surface area contributed by atoms with Crippen LogP contribution in [0.1, 0.15) is 24.2 Å². The van der Waals surface area contributed by atoms with E-state index in [-0.39, 0.29) is 42.3 Å². The van der Waals surface area contributed by atoms with Crippen LogP contribution in [-0.4, -0.2) is 72.6 Å². The second-order valence-corrected chi connectivity index (χ2v) is 11.5. The van der Waals surface area contributed by atoms with E-state index in [1.807, 2.05) is 0 Å². The molecule has 11 nitrogen and oxygen atoms in total. The van der Waals surface area contributed by atoms with Crippen LogP contribution in [0.15, 0.2) is 36.8 Å². The van der Waals surface area contributed by atoms with E-state index >= 15 is 4.39 Å². The van der Waals surface area contributed by atoms with Crippen molar-refractivity contribution in [2.24, 2.45) is 7.05 Å². The Morgan fingerprint density at radius 1 is 1.10 bits per heavy atom. The number of aromatic nitrogens is 7. The molecule has 0 atom stereocenters. The first-order valence-corrected chi connectivity index (χ1v) is 14.0. The zero-order valence-electron chi connectivity index (χ0n) is 21.7. The van der Waals surface area contributed by atoms with Crippen molar-refractivity contribution in [2.75, 3.05) is 24.7 Å². The molecule has 1 aromatic carbocycles. The Labute approximate surface area is 226 Å². The van der Waals surface area contributed by atoms with Crippen LogP contribution in [0.25, 0.3) is 28.3 Å². The number of benzene rings is 1. The van der Waals surface area contributed by atoms with Gasteiger partial charge in [0.1, 0.15) is 28.6 Å². The molecule has 1 N–H and O–H groups in total. The number of hydrogen-bond donors (Lipinski definition) is 1. The van der Waals surface area contributed by atoms with Gasteiger partial charge in [0.15, 0.2) is 0 Å². The topological polar surface area (TPSA) is 124 Å². The van der Waals surface area contributed by atoms with Gasteiger partial charge in [-0.15, -0.1) is 5.10 Å². The van der Waals surface area contributed by atoms with E-state index in [2.05, 4.69) is 30.6 Å². The highest BCUT2D eigenvalue weighted by Gasteiger charge is 2.36. The lowest BCUT2D eigenvalue weighted by molar-refractivity contribution is -0.137. The van der Waals surface area contributed by atoms with Gasteiger partial charge in [-0.25, -0.2) is 36.7 Å². The fourth-order valence-corrected chi connectivity index (χ4v) is 5.49. The molecule has 0 bridgehead atoms. The molecule has 0 unspecified atom stereocenters. The van der Waals surface area contributed by atoms with Crippen LogP contribution >= 0.6 is 0 Å². The minimum atomic E-state index is -4.77. The van der Waals surface area contributed by atoms with Gasteiger partial charge in [-0.3, -0.25) is 0 Å². The number of nitrogens with one attached hydrogen (secondary N) is 1. The summed E-state index contributed by atoms with van der Waals surface area (Å²) in [5.74, 6) is -0.418. The van der Waals surface area contributed by atoms with E-state index in [9.17, 15) is 21.6 Å². The molecule has 0 saturated carbocycles. The predicted molar refractivity (Wildman–Crippen MR) is 137 cm³/mol. The summed E-state index contributed by atoms with van der Waals surface area (Å²) in [7, 11) is -1.66. The molecule has 0 amide bonds. The van der Waals surface area contributed by atoms with Gasteiger partial charge in [0, 0.05) is 44.1 Å². The number of imidazole rings is 1. The second kappa shape index (κ2) is 10.2. The molecule has 0 radical (unpaired) electrons. The maximum absolute atomic E-state index is 15.2. The fourth-order valence-electron chi connectivity index (χ4n) is 4.61. The molecule has 1 aliphatic heterocycles. The number of halogens is 4. The quantitative estimate of drug-likeness (QED) is 0.345. The number of hydrogen-bond acceptors (Lipinski definition) is 8. The molecule has 16 heteroatoms. The molecule has 4 heterocycles. The number of piperidine rings is 1. The number of rotatable bonds is 6. The van der Waals surface area contributed by atoms with E-state index in [0.29, 0.717) is 30.3 Å². The standard InChI is InChI=1S/C24H25F4N9O2S/c1-14-31-19(13-37(14)20-5-4-15(10-18(20)25)21-12-30-34-35(21)2)22-17(24(26,27)28)11-29-23(33-22)32-16-6-8-36(9-7-16)40(3,38)39/h4-5,10-13,16H,6-9H2,1-3H3,(H,29,32,33). The lowest BCUT2D eigenvalue weighted by Gasteiger charge is -2.30. The van der Waals surface area contributed by atoms with Crippen LogP contribution in [0, 0.1) is 12.7 Å². The van der Waals surface area contributed by atoms with E-state index < -0.39 is 33.3 Å². The van der Waals surface area contributed by atoms with Crippen LogP contribution in [-0.2, 0) is 23.2 Å². The van der Waals surface area contributed by atoms with Crippen molar-refractivity contribution in [3.63, 3.8) is 0 Å². The van der Waals surface area contributed by atoms with Gasteiger partial charge < -0.3 is 9.88 Å². The molecule has 1 saturated heterocycles. The maximum atomic E-state index is 15.2. The van der Waals surface area contributed by atoms with Crippen molar-refractivity contribution in [1.82, 2.24) is 38.8 Å². The number of nitrogens with zero attached hydrogens (tertiary/aromatic N) is 8. The predicted octanol–water partition coefficient (Wildman–Crippen LogP) is 3.43. The average molecular weight is 580 g/mol. The Balaban J connectivity index is 1.46. The summed E-state index contributed by atoms with van der Waals surface area (Å²) in [6.45, 7) is 2.09. The number of anilines is 1. The third kappa shape index (κ3) is 5.54. The largest absolute Gasteiger partial charge is 0.420 e. The van der Waals surface area contributed by atoms with Crippen molar-refractivity contribution in [3.8, 4) is 28.3 Å². The molecular weight excluding hydrogens is 554 g/mol. The summed E-state index contributed by atoms with van der Waals surface area (Å²) in [4.78, 5) is 12.3. The van der Waals surface area contributed by atoms with Crippen LogP contribution in [0.2, 0.25) is 0 Å². The minimum Gasteiger partial charge on any atom is -0.351 e. The third-order valence-corrected chi connectivity index (χ3v) is 8.00. The van der Waals surface area contributed by atoms with Crippen LogP contribution in [0.5, 0.6) is 0 Å². The molecule has 40 heavy (non-hydrogen) atoms. The van der Waals surface area contributed by atoms with E-state index in [4.69, 9.17) is 0 Å². The van der Waals surface area contributed by atoms with E-state index in [0.717, 1.165) is 6.26 Å². The van der Waals surface area contributed by atoms with Gasteiger partial charge in [0.05, 0.1) is 23.8 Å². The normalized spacial score (nSPS) is 15.5. The number of alkyl halides is 3. The molecular formula is C24H25F4N9O2S. The first kappa shape index (κ1) is 27.6. The molecule has 0 spiro atoms. The molecule has 4 aromatic rings. The number of aryl methyl sites for hydroxylation is 2. The van der Waals surface area contributed by atoms with Crippen molar-refractivity contribution in [2.45, 2.75) is 32.0 Å². The van der Waals surface area contributed by atoms with Crippen molar-refractivity contribution in [3.05, 3.63) is 54.0 Å². The summed E-state index contributed by atoms with van der Waals surface area (Å²) >= 11 is 0. The van der Waals surface area contributed by atoms with Gasteiger partial charge in [-0.2, -0.15) is 13.2 Å². The average Bonchev–Trinajstić information content (AvgIpc) is 3.48. The number of sulfonamides is 1. The second-order valence-electron chi connectivity index (χ2n) is 9.49. The van der Waals surface area contributed by atoms with Crippen LogP contribution in [0.4, 0.5) is 23.5 Å². The summed E-state index contributed by atoms with van der Waals surface area (Å²) in [6, 6.07) is 4.20. The Bertz CT molecular complexity index is 1660. The first-order valence-electron chi connectivity index (χ1n) is 12.2. The lowest BCUT2D eigenvalue weighted by atomic mass is 10.1. The Kier molecular flexibility index (Phi) is 7.08. The van der Waals surface area contributed by atoms with Crippen molar-refractivity contribution >= 4 is 16.0 Å². The Morgan fingerprint density at radius 2 is 1.82 bits per heavy atom. The van der Waals surface area contributed by atoms with Gasteiger partial charge in [0.25, 0.3) is 0 Å². The SMILES string of the molecule is Cc1nc(-c2nc(NC3CCN(S(C)(=O)=O)CC3)ncc2C(F)(F)F)cn1-c1ccc(-c2cnnn2C)cc1F. The smallest absolute Gasteiger partial charge is 0.351 e.